The maximum absolute atomic E-state index is 12.0. The van der Waals surface area contributed by atoms with Gasteiger partial charge in [0, 0.05) is 6.42 Å². The standard InChI is InChI=1S/C20H20O4/c1-13-7-3-5-9-15(13)17(11-12-18(21)22)19(20(23)24)16-10-6-4-8-14(16)2/h3-10H,11-12H2,1-2H3,(H,21,22)(H,23,24)/b19-17-. The average Bonchev–Trinajstić information content (AvgIpc) is 2.53. The molecule has 0 amide bonds. The first-order valence-corrected chi connectivity index (χ1v) is 7.72. The topological polar surface area (TPSA) is 74.6 Å². The van der Waals surface area contributed by atoms with Crippen LogP contribution < -0.4 is 0 Å². The maximum atomic E-state index is 12.0. The van der Waals surface area contributed by atoms with Crippen LogP contribution in [0.5, 0.6) is 0 Å². The second kappa shape index (κ2) is 7.59. The Hall–Kier alpha value is -2.88. The van der Waals surface area contributed by atoms with Gasteiger partial charge in [0.05, 0.1) is 5.57 Å². The molecular weight excluding hydrogens is 304 g/mol. The molecule has 2 rings (SSSR count). The van der Waals surface area contributed by atoms with E-state index in [1.165, 1.54) is 0 Å². The smallest absolute Gasteiger partial charge is 0.336 e. The van der Waals surface area contributed by atoms with Gasteiger partial charge < -0.3 is 10.2 Å². The van der Waals surface area contributed by atoms with Crippen LogP contribution >= 0.6 is 0 Å². The number of aryl methyl sites for hydroxylation is 2. The summed E-state index contributed by atoms with van der Waals surface area (Å²) in [6, 6.07) is 14.7. The Morgan fingerprint density at radius 2 is 1.29 bits per heavy atom. The molecule has 24 heavy (non-hydrogen) atoms. The van der Waals surface area contributed by atoms with Crippen LogP contribution in [0, 0.1) is 13.8 Å². The molecule has 2 N–H and O–H groups in total. The Bertz CT molecular complexity index is 803. The van der Waals surface area contributed by atoms with Crippen LogP contribution in [0.25, 0.3) is 11.1 Å². The van der Waals surface area contributed by atoms with Gasteiger partial charge in [-0.1, -0.05) is 48.5 Å². The Kier molecular flexibility index (Phi) is 5.53. The second-order valence-electron chi connectivity index (χ2n) is 5.68. The van der Waals surface area contributed by atoms with Crippen LogP contribution in [0.4, 0.5) is 0 Å². The van der Waals surface area contributed by atoms with E-state index in [1.54, 1.807) is 12.1 Å². The van der Waals surface area contributed by atoms with Gasteiger partial charge in [-0.3, -0.25) is 4.79 Å². The molecule has 124 valence electrons. The summed E-state index contributed by atoms with van der Waals surface area (Å²) in [5, 5.41) is 18.9. The lowest BCUT2D eigenvalue weighted by atomic mass is 9.88. The van der Waals surface area contributed by atoms with E-state index in [-0.39, 0.29) is 18.4 Å². The fourth-order valence-corrected chi connectivity index (χ4v) is 2.80. The minimum Gasteiger partial charge on any atom is -0.481 e. The van der Waals surface area contributed by atoms with Crippen LogP contribution in [-0.4, -0.2) is 22.2 Å². The van der Waals surface area contributed by atoms with E-state index < -0.39 is 11.9 Å². The van der Waals surface area contributed by atoms with E-state index in [2.05, 4.69) is 0 Å². The number of rotatable bonds is 6. The molecular formula is C20H20O4. The van der Waals surface area contributed by atoms with Crippen molar-refractivity contribution in [1.82, 2.24) is 0 Å². The van der Waals surface area contributed by atoms with Gasteiger partial charge in [-0.05, 0) is 48.1 Å². The summed E-state index contributed by atoms with van der Waals surface area (Å²) in [4.78, 5) is 23.1. The van der Waals surface area contributed by atoms with Crippen molar-refractivity contribution in [2.75, 3.05) is 0 Å². The molecule has 0 aliphatic heterocycles. The van der Waals surface area contributed by atoms with Crippen molar-refractivity contribution in [3.8, 4) is 0 Å². The number of hydrogen-bond acceptors (Lipinski definition) is 2. The number of hydrogen-bond donors (Lipinski definition) is 2. The van der Waals surface area contributed by atoms with Gasteiger partial charge in [-0.15, -0.1) is 0 Å². The van der Waals surface area contributed by atoms with Crippen molar-refractivity contribution in [1.29, 1.82) is 0 Å². The monoisotopic (exact) mass is 324 g/mol. The molecule has 0 spiro atoms. The van der Waals surface area contributed by atoms with Crippen molar-refractivity contribution in [2.24, 2.45) is 0 Å². The van der Waals surface area contributed by atoms with E-state index in [0.717, 1.165) is 16.7 Å². The first-order valence-electron chi connectivity index (χ1n) is 7.72. The summed E-state index contributed by atoms with van der Waals surface area (Å²) in [7, 11) is 0. The van der Waals surface area contributed by atoms with Gasteiger partial charge in [-0.2, -0.15) is 0 Å². The fraction of sp³-hybridized carbons (Fsp3) is 0.200. The predicted octanol–water partition coefficient (Wildman–Crippen LogP) is 4.16. The molecule has 0 saturated carbocycles. The van der Waals surface area contributed by atoms with Crippen molar-refractivity contribution < 1.29 is 19.8 Å². The summed E-state index contributed by atoms with van der Waals surface area (Å²) >= 11 is 0. The van der Waals surface area contributed by atoms with Crippen LogP contribution in [0.2, 0.25) is 0 Å². The zero-order valence-electron chi connectivity index (χ0n) is 13.7. The lowest BCUT2D eigenvalue weighted by Gasteiger charge is -2.16. The Morgan fingerprint density at radius 3 is 1.75 bits per heavy atom. The number of carboxylic acids is 2. The highest BCUT2D eigenvalue weighted by molar-refractivity contribution is 6.24. The molecule has 2 aromatic carbocycles. The molecule has 4 nitrogen and oxygen atoms in total. The van der Waals surface area contributed by atoms with Crippen molar-refractivity contribution in [3.05, 3.63) is 70.8 Å². The minimum atomic E-state index is -1.05. The zero-order valence-corrected chi connectivity index (χ0v) is 13.7. The normalized spacial score (nSPS) is 11.8. The molecule has 0 bridgehead atoms. The highest BCUT2D eigenvalue weighted by Crippen LogP contribution is 2.33. The molecule has 2 aromatic rings. The van der Waals surface area contributed by atoms with E-state index >= 15 is 0 Å². The summed E-state index contributed by atoms with van der Waals surface area (Å²) < 4.78 is 0. The summed E-state index contributed by atoms with van der Waals surface area (Å²) in [6.07, 6.45) is 0.0441. The Morgan fingerprint density at radius 1 is 0.792 bits per heavy atom. The number of allylic oxidation sites excluding steroid dienone is 1. The second-order valence-corrected chi connectivity index (χ2v) is 5.68. The molecule has 0 atom stereocenters. The number of carbonyl (C=O) groups is 2. The Labute approximate surface area is 141 Å². The first kappa shape index (κ1) is 17.5. The van der Waals surface area contributed by atoms with E-state index in [0.29, 0.717) is 11.1 Å². The summed E-state index contributed by atoms with van der Waals surface area (Å²) in [5.74, 6) is -2.00. The molecule has 0 aliphatic carbocycles. The van der Waals surface area contributed by atoms with E-state index in [9.17, 15) is 14.7 Å². The third-order valence-electron chi connectivity index (χ3n) is 3.99. The van der Waals surface area contributed by atoms with E-state index in [1.807, 2.05) is 50.2 Å². The number of carboxylic acid groups (broad SMARTS) is 2. The van der Waals surface area contributed by atoms with E-state index in [4.69, 9.17) is 5.11 Å². The van der Waals surface area contributed by atoms with Crippen molar-refractivity contribution in [2.45, 2.75) is 26.7 Å². The van der Waals surface area contributed by atoms with Gasteiger partial charge in [0.1, 0.15) is 0 Å². The molecule has 0 saturated heterocycles. The van der Waals surface area contributed by atoms with Crippen molar-refractivity contribution >= 4 is 23.1 Å². The molecule has 0 aliphatic rings. The third kappa shape index (κ3) is 3.90. The quantitative estimate of drug-likeness (QED) is 0.618. The highest BCUT2D eigenvalue weighted by Gasteiger charge is 2.21. The predicted molar refractivity (Wildman–Crippen MR) is 93.7 cm³/mol. The lowest BCUT2D eigenvalue weighted by molar-refractivity contribution is -0.137. The van der Waals surface area contributed by atoms with Gasteiger partial charge in [0.15, 0.2) is 0 Å². The van der Waals surface area contributed by atoms with Gasteiger partial charge in [0.2, 0.25) is 0 Å². The van der Waals surface area contributed by atoms with Crippen LogP contribution in [0.3, 0.4) is 0 Å². The fourth-order valence-electron chi connectivity index (χ4n) is 2.80. The maximum Gasteiger partial charge on any atom is 0.336 e. The van der Waals surface area contributed by atoms with Crippen LogP contribution in [0.15, 0.2) is 48.5 Å². The number of benzene rings is 2. The third-order valence-corrected chi connectivity index (χ3v) is 3.99. The minimum absolute atomic E-state index is 0.119. The number of aliphatic carboxylic acids is 2. The summed E-state index contributed by atoms with van der Waals surface area (Å²) in [5.41, 5.74) is 3.88. The summed E-state index contributed by atoms with van der Waals surface area (Å²) in [6.45, 7) is 3.75. The molecule has 0 heterocycles. The van der Waals surface area contributed by atoms with Gasteiger partial charge in [0.25, 0.3) is 0 Å². The SMILES string of the molecule is Cc1ccccc1/C(CCC(=O)O)=C(\C(=O)O)c1ccccc1C. The van der Waals surface area contributed by atoms with Gasteiger partial charge in [-0.25, -0.2) is 4.79 Å². The first-order chi connectivity index (χ1) is 11.4. The molecule has 4 heteroatoms. The van der Waals surface area contributed by atoms with Crippen LogP contribution in [0.1, 0.15) is 35.1 Å². The lowest BCUT2D eigenvalue weighted by Crippen LogP contribution is -2.07. The Balaban J connectivity index is 2.74. The zero-order chi connectivity index (χ0) is 17.7. The molecule has 0 radical (unpaired) electrons. The largest absolute Gasteiger partial charge is 0.481 e. The molecule has 0 fully saturated rings. The average molecular weight is 324 g/mol. The molecule has 0 unspecified atom stereocenters. The molecule has 0 aromatic heterocycles. The van der Waals surface area contributed by atoms with Gasteiger partial charge >= 0.3 is 11.9 Å². The van der Waals surface area contributed by atoms with Crippen molar-refractivity contribution in [3.63, 3.8) is 0 Å². The highest BCUT2D eigenvalue weighted by atomic mass is 16.4. The van der Waals surface area contributed by atoms with Crippen LogP contribution in [-0.2, 0) is 9.59 Å².